The van der Waals surface area contributed by atoms with E-state index in [-0.39, 0.29) is 0 Å². The average molecular weight is 222 g/mol. The summed E-state index contributed by atoms with van der Waals surface area (Å²) >= 11 is 0. The molecule has 2 heteroatoms. The van der Waals surface area contributed by atoms with Gasteiger partial charge in [0.2, 0.25) is 0 Å². The molecule has 0 aromatic carbocycles. The lowest BCUT2D eigenvalue weighted by Gasteiger charge is -2.12. The van der Waals surface area contributed by atoms with E-state index in [9.17, 15) is 4.79 Å². The molecule has 1 aliphatic carbocycles. The minimum atomic E-state index is 0.386. The molecule has 1 saturated heterocycles. The van der Waals surface area contributed by atoms with Crippen molar-refractivity contribution in [3.63, 3.8) is 0 Å². The first kappa shape index (κ1) is 11.8. The summed E-state index contributed by atoms with van der Waals surface area (Å²) in [6, 6.07) is 0. The Morgan fingerprint density at radius 1 is 1.31 bits per heavy atom. The van der Waals surface area contributed by atoms with E-state index in [1.165, 1.54) is 25.7 Å². The van der Waals surface area contributed by atoms with Gasteiger partial charge >= 0.3 is 0 Å². The molecular weight excluding hydrogens is 200 g/mol. The molecule has 0 radical (unpaired) electrons. The van der Waals surface area contributed by atoms with Crippen LogP contribution in [0.5, 0.6) is 0 Å². The maximum absolute atomic E-state index is 12.1. The van der Waals surface area contributed by atoms with Crippen LogP contribution in [0.25, 0.3) is 0 Å². The number of Topliss-reactive ketones (excluding diaryl/α,β-unsaturated/α-hetero) is 1. The van der Waals surface area contributed by atoms with Crippen molar-refractivity contribution in [2.45, 2.75) is 51.4 Å². The zero-order valence-electron chi connectivity index (χ0n) is 10.0. The van der Waals surface area contributed by atoms with Gasteiger partial charge in [-0.25, -0.2) is 0 Å². The maximum atomic E-state index is 12.1. The Bertz CT molecular complexity index is 262. The lowest BCUT2D eigenvalue weighted by atomic mass is 9.92. The van der Waals surface area contributed by atoms with Crippen molar-refractivity contribution in [3.05, 3.63) is 11.6 Å². The van der Waals surface area contributed by atoms with Gasteiger partial charge in [-0.15, -0.1) is 0 Å². The smallest absolute Gasteiger partial charge is 0.158 e. The van der Waals surface area contributed by atoms with Gasteiger partial charge in [-0.1, -0.05) is 18.9 Å². The molecular formula is C14H22O2. The first-order chi connectivity index (χ1) is 7.86. The standard InChI is InChI=1S/C14H22O2/c15-14(10-12-8-9-16-11-12)13-6-4-2-1-3-5-7-13/h6,12H,1-5,7-11H2. The van der Waals surface area contributed by atoms with Crippen molar-refractivity contribution < 1.29 is 9.53 Å². The molecule has 0 aromatic heterocycles. The van der Waals surface area contributed by atoms with E-state index in [1.54, 1.807) is 0 Å². The molecule has 90 valence electrons. The molecule has 1 aliphatic heterocycles. The van der Waals surface area contributed by atoms with Crippen LogP contribution in [0.3, 0.4) is 0 Å². The Labute approximate surface area is 98.1 Å². The zero-order chi connectivity index (χ0) is 11.2. The largest absolute Gasteiger partial charge is 0.381 e. The van der Waals surface area contributed by atoms with Crippen LogP contribution in [0.4, 0.5) is 0 Å². The molecule has 16 heavy (non-hydrogen) atoms. The molecule has 1 atom stereocenters. The fraction of sp³-hybridized carbons (Fsp3) is 0.786. The van der Waals surface area contributed by atoms with E-state index < -0.39 is 0 Å². The average Bonchev–Trinajstić information content (AvgIpc) is 2.69. The van der Waals surface area contributed by atoms with Crippen LogP contribution in [0, 0.1) is 5.92 Å². The van der Waals surface area contributed by atoms with Crippen molar-refractivity contribution in [1.82, 2.24) is 0 Å². The first-order valence-corrected chi connectivity index (χ1v) is 6.66. The number of hydrogen-bond acceptors (Lipinski definition) is 2. The number of ketones is 1. The van der Waals surface area contributed by atoms with Crippen LogP contribution in [0.15, 0.2) is 11.6 Å². The maximum Gasteiger partial charge on any atom is 0.158 e. The second-order valence-electron chi connectivity index (χ2n) is 5.04. The third kappa shape index (κ3) is 3.44. The highest BCUT2D eigenvalue weighted by molar-refractivity contribution is 5.95. The summed E-state index contributed by atoms with van der Waals surface area (Å²) in [4.78, 5) is 12.1. The lowest BCUT2D eigenvalue weighted by Crippen LogP contribution is -2.11. The second-order valence-corrected chi connectivity index (χ2v) is 5.04. The third-order valence-corrected chi connectivity index (χ3v) is 3.65. The highest BCUT2D eigenvalue weighted by Gasteiger charge is 2.21. The van der Waals surface area contributed by atoms with Crippen LogP contribution in [-0.2, 0) is 9.53 Å². The molecule has 1 heterocycles. The fourth-order valence-corrected chi connectivity index (χ4v) is 2.58. The third-order valence-electron chi connectivity index (χ3n) is 3.65. The zero-order valence-corrected chi connectivity index (χ0v) is 10.0. The molecule has 0 aromatic rings. The van der Waals surface area contributed by atoms with Crippen molar-refractivity contribution in [2.75, 3.05) is 13.2 Å². The normalized spacial score (nSPS) is 27.0. The highest BCUT2D eigenvalue weighted by Crippen LogP contribution is 2.23. The first-order valence-electron chi connectivity index (χ1n) is 6.66. The van der Waals surface area contributed by atoms with Gasteiger partial charge in [-0.05, 0) is 43.6 Å². The van der Waals surface area contributed by atoms with Gasteiger partial charge in [-0.2, -0.15) is 0 Å². The summed E-state index contributed by atoms with van der Waals surface area (Å²) in [5, 5.41) is 0. The van der Waals surface area contributed by atoms with Gasteiger partial charge in [-0.3, -0.25) is 4.79 Å². The van der Waals surface area contributed by atoms with Crippen molar-refractivity contribution in [2.24, 2.45) is 5.92 Å². The number of rotatable bonds is 3. The van der Waals surface area contributed by atoms with E-state index in [4.69, 9.17) is 4.74 Å². The summed E-state index contributed by atoms with van der Waals surface area (Å²) in [6.45, 7) is 1.63. The number of hydrogen-bond donors (Lipinski definition) is 0. The summed E-state index contributed by atoms with van der Waals surface area (Å²) in [6.07, 6.45) is 11.1. The monoisotopic (exact) mass is 222 g/mol. The summed E-state index contributed by atoms with van der Waals surface area (Å²) in [5.41, 5.74) is 1.10. The molecule has 0 bridgehead atoms. The number of carbonyl (C=O) groups is 1. The number of allylic oxidation sites excluding steroid dienone is 2. The van der Waals surface area contributed by atoms with Gasteiger partial charge in [0, 0.05) is 19.6 Å². The topological polar surface area (TPSA) is 26.3 Å². The summed E-state index contributed by atoms with van der Waals surface area (Å²) in [7, 11) is 0. The van der Waals surface area contributed by atoms with Crippen LogP contribution >= 0.6 is 0 Å². The van der Waals surface area contributed by atoms with E-state index >= 15 is 0 Å². The van der Waals surface area contributed by atoms with E-state index in [1.807, 2.05) is 0 Å². The molecule has 2 aliphatic rings. The van der Waals surface area contributed by atoms with Gasteiger partial charge in [0.05, 0.1) is 0 Å². The van der Waals surface area contributed by atoms with Crippen LogP contribution < -0.4 is 0 Å². The Morgan fingerprint density at radius 2 is 2.19 bits per heavy atom. The molecule has 2 nitrogen and oxygen atoms in total. The minimum Gasteiger partial charge on any atom is -0.381 e. The number of carbonyl (C=O) groups excluding carboxylic acids is 1. The van der Waals surface area contributed by atoms with Crippen LogP contribution in [0.2, 0.25) is 0 Å². The van der Waals surface area contributed by atoms with Gasteiger partial charge in [0.25, 0.3) is 0 Å². The molecule has 0 spiro atoms. The van der Waals surface area contributed by atoms with Crippen LogP contribution in [0.1, 0.15) is 51.4 Å². The molecule has 0 N–H and O–H groups in total. The Balaban J connectivity index is 1.85. The van der Waals surface area contributed by atoms with E-state index in [0.29, 0.717) is 18.1 Å². The highest BCUT2D eigenvalue weighted by atomic mass is 16.5. The SMILES string of the molecule is O=C(CC1CCOC1)C1=CCCCCCC1. The van der Waals surface area contributed by atoms with Crippen LogP contribution in [-0.4, -0.2) is 19.0 Å². The van der Waals surface area contributed by atoms with Crippen molar-refractivity contribution in [1.29, 1.82) is 0 Å². The lowest BCUT2D eigenvalue weighted by molar-refractivity contribution is -0.116. The molecule has 1 unspecified atom stereocenters. The Hall–Kier alpha value is -0.630. The predicted octanol–water partition coefficient (Wildman–Crippen LogP) is 3.26. The van der Waals surface area contributed by atoms with Crippen molar-refractivity contribution in [3.8, 4) is 0 Å². The van der Waals surface area contributed by atoms with Gasteiger partial charge < -0.3 is 4.74 Å². The predicted molar refractivity (Wildman–Crippen MR) is 64.3 cm³/mol. The van der Waals surface area contributed by atoms with Crippen molar-refractivity contribution >= 4 is 5.78 Å². The molecule has 1 fully saturated rings. The minimum absolute atomic E-state index is 0.386. The summed E-state index contributed by atoms with van der Waals surface area (Å²) in [5.74, 6) is 0.872. The van der Waals surface area contributed by atoms with E-state index in [2.05, 4.69) is 6.08 Å². The van der Waals surface area contributed by atoms with E-state index in [0.717, 1.165) is 38.0 Å². The molecule has 0 amide bonds. The Kier molecular flexibility index (Phi) is 4.58. The fourth-order valence-electron chi connectivity index (χ4n) is 2.58. The van der Waals surface area contributed by atoms with Gasteiger partial charge in [0.1, 0.15) is 0 Å². The number of ether oxygens (including phenoxy) is 1. The second kappa shape index (κ2) is 6.19. The molecule has 0 saturated carbocycles. The molecule has 2 rings (SSSR count). The Morgan fingerprint density at radius 3 is 3.00 bits per heavy atom. The quantitative estimate of drug-likeness (QED) is 0.732. The summed E-state index contributed by atoms with van der Waals surface area (Å²) < 4.78 is 5.32. The van der Waals surface area contributed by atoms with Gasteiger partial charge in [0.15, 0.2) is 5.78 Å².